The van der Waals surface area contributed by atoms with Gasteiger partial charge in [-0.25, -0.2) is 14.7 Å². The molecule has 0 atom stereocenters. The minimum atomic E-state index is -0.412. The third kappa shape index (κ3) is 6.39. The van der Waals surface area contributed by atoms with E-state index in [1.807, 2.05) is 18.2 Å². The highest BCUT2D eigenvalue weighted by Crippen LogP contribution is 2.28. The molecule has 1 aliphatic heterocycles. The first-order valence-corrected chi connectivity index (χ1v) is 8.97. The smallest absolute Gasteiger partial charge is 0.175 e. The van der Waals surface area contributed by atoms with Gasteiger partial charge in [0.05, 0.1) is 19.8 Å². The van der Waals surface area contributed by atoms with Crippen LogP contribution in [0.1, 0.15) is 0 Å². The van der Waals surface area contributed by atoms with E-state index in [2.05, 4.69) is 54.2 Å². The average Bonchev–Trinajstić information content (AvgIpc) is 2.67. The molecule has 0 radical (unpaired) electrons. The fourth-order valence-corrected chi connectivity index (χ4v) is 2.92. The molecule has 0 aromatic carbocycles. The molecule has 0 amide bonds. The molecule has 1 rings (SSSR count). The Bertz CT molecular complexity index is 426. The minimum Gasteiger partial charge on any atom is -0.345 e. The van der Waals surface area contributed by atoms with Crippen molar-refractivity contribution in [3.63, 3.8) is 0 Å². The largest absolute Gasteiger partial charge is 0.345 e. The minimum absolute atomic E-state index is 0.385. The Morgan fingerprint density at radius 2 is 0.741 bits per heavy atom. The van der Waals surface area contributed by atoms with E-state index in [1.165, 1.54) is 0 Å². The predicted octanol–water partition coefficient (Wildman–Crippen LogP) is 2.92. The van der Waals surface area contributed by atoms with Crippen LogP contribution in [0.25, 0.3) is 0 Å². The maximum Gasteiger partial charge on any atom is 0.175 e. The second-order valence-electron chi connectivity index (χ2n) is 5.80. The number of hydrogen-bond acceptors (Lipinski definition) is 6. The standard InChI is InChI=1S/C21H33N3O3/c1-7-13-22-19(25-16-10-4)23(14-8-2)21(27-18-12-6)24(15-9-3)20(22)26-17-11-5/h7-12,19-21H,1-6,13-18H2. The van der Waals surface area contributed by atoms with Gasteiger partial charge in [-0.3, -0.25) is 0 Å². The molecular weight excluding hydrogens is 342 g/mol. The number of hydrogen-bond donors (Lipinski definition) is 0. The fourth-order valence-electron chi connectivity index (χ4n) is 2.92. The van der Waals surface area contributed by atoms with Gasteiger partial charge in [-0.2, -0.15) is 0 Å². The van der Waals surface area contributed by atoms with Crippen molar-refractivity contribution in [3.8, 4) is 0 Å². The Labute approximate surface area is 164 Å². The topological polar surface area (TPSA) is 37.4 Å². The Kier molecular flexibility index (Phi) is 11.5. The highest BCUT2D eigenvalue weighted by molar-refractivity contribution is 4.91. The van der Waals surface area contributed by atoms with Crippen LogP contribution in [0.4, 0.5) is 0 Å². The Hall–Kier alpha value is -1.80. The van der Waals surface area contributed by atoms with E-state index >= 15 is 0 Å². The zero-order chi connectivity index (χ0) is 20.1. The number of rotatable bonds is 15. The molecular formula is C21H33N3O3. The lowest BCUT2D eigenvalue weighted by atomic mass is 10.3. The summed E-state index contributed by atoms with van der Waals surface area (Å²) in [5, 5.41) is 0. The van der Waals surface area contributed by atoms with E-state index in [-0.39, 0.29) is 0 Å². The van der Waals surface area contributed by atoms with Gasteiger partial charge < -0.3 is 14.2 Å². The normalized spacial score (nSPS) is 24.2. The first kappa shape index (κ1) is 23.2. The molecule has 0 bridgehead atoms. The van der Waals surface area contributed by atoms with Crippen LogP contribution >= 0.6 is 0 Å². The summed E-state index contributed by atoms with van der Waals surface area (Å²) >= 11 is 0. The van der Waals surface area contributed by atoms with Gasteiger partial charge in [0.1, 0.15) is 0 Å². The van der Waals surface area contributed by atoms with E-state index in [0.717, 1.165) is 0 Å². The quantitative estimate of drug-likeness (QED) is 0.410. The van der Waals surface area contributed by atoms with Crippen LogP contribution in [0.2, 0.25) is 0 Å². The third-order valence-corrected chi connectivity index (χ3v) is 3.81. The Balaban J connectivity index is 3.36. The summed E-state index contributed by atoms with van der Waals surface area (Å²) in [6, 6.07) is 0. The maximum atomic E-state index is 6.08. The lowest BCUT2D eigenvalue weighted by Crippen LogP contribution is -2.72. The summed E-state index contributed by atoms with van der Waals surface area (Å²) in [7, 11) is 0. The van der Waals surface area contributed by atoms with Crippen molar-refractivity contribution in [2.24, 2.45) is 0 Å². The van der Waals surface area contributed by atoms with Gasteiger partial charge in [-0.1, -0.05) is 36.5 Å². The summed E-state index contributed by atoms with van der Waals surface area (Å²) in [6.45, 7) is 25.7. The van der Waals surface area contributed by atoms with E-state index in [0.29, 0.717) is 39.5 Å². The lowest BCUT2D eigenvalue weighted by Gasteiger charge is -2.55. The van der Waals surface area contributed by atoms with Crippen molar-refractivity contribution in [2.75, 3.05) is 39.5 Å². The van der Waals surface area contributed by atoms with Crippen LogP contribution in [0.15, 0.2) is 75.9 Å². The average molecular weight is 376 g/mol. The monoisotopic (exact) mass is 375 g/mol. The summed E-state index contributed by atoms with van der Waals surface area (Å²) in [6.07, 6.45) is 9.36. The molecule has 1 heterocycles. The summed E-state index contributed by atoms with van der Waals surface area (Å²) in [5.74, 6) is 0. The molecule has 0 unspecified atom stereocenters. The Morgan fingerprint density at radius 3 is 0.926 bits per heavy atom. The Morgan fingerprint density at radius 1 is 0.481 bits per heavy atom. The van der Waals surface area contributed by atoms with Crippen molar-refractivity contribution in [2.45, 2.75) is 19.1 Å². The van der Waals surface area contributed by atoms with E-state index in [1.54, 1.807) is 18.2 Å². The van der Waals surface area contributed by atoms with Crippen molar-refractivity contribution in [1.29, 1.82) is 0 Å². The van der Waals surface area contributed by atoms with Crippen LogP contribution in [-0.4, -0.2) is 73.2 Å². The van der Waals surface area contributed by atoms with Gasteiger partial charge in [0.25, 0.3) is 0 Å². The molecule has 0 aromatic rings. The SMILES string of the molecule is C=CCOC1N(CC=C)C(OCC=C)N(CC=C)C(OCC=C)N1CC=C. The molecule has 6 nitrogen and oxygen atoms in total. The molecule has 1 fully saturated rings. The number of ether oxygens (including phenoxy) is 3. The van der Waals surface area contributed by atoms with Crippen molar-refractivity contribution in [3.05, 3.63) is 75.9 Å². The van der Waals surface area contributed by atoms with Crippen LogP contribution in [-0.2, 0) is 14.2 Å². The van der Waals surface area contributed by atoms with Crippen LogP contribution in [0, 0.1) is 0 Å². The highest BCUT2D eigenvalue weighted by atomic mass is 16.6. The molecule has 0 spiro atoms. The zero-order valence-corrected chi connectivity index (χ0v) is 16.2. The van der Waals surface area contributed by atoms with Gasteiger partial charge in [0.2, 0.25) is 0 Å². The van der Waals surface area contributed by atoms with Crippen LogP contribution in [0.3, 0.4) is 0 Å². The van der Waals surface area contributed by atoms with Crippen molar-refractivity contribution >= 4 is 0 Å². The predicted molar refractivity (Wildman–Crippen MR) is 111 cm³/mol. The van der Waals surface area contributed by atoms with E-state index in [9.17, 15) is 0 Å². The first-order valence-electron chi connectivity index (χ1n) is 8.97. The van der Waals surface area contributed by atoms with Gasteiger partial charge >= 0.3 is 0 Å². The van der Waals surface area contributed by atoms with Gasteiger partial charge in [-0.15, -0.1) is 39.5 Å². The second kappa shape index (κ2) is 13.4. The van der Waals surface area contributed by atoms with Gasteiger partial charge in [0, 0.05) is 19.6 Å². The van der Waals surface area contributed by atoms with Crippen LogP contribution in [0.5, 0.6) is 0 Å². The molecule has 6 heteroatoms. The van der Waals surface area contributed by atoms with Crippen molar-refractivity contribution in [1.82, 2.24) is 14.7 Å². The molecule has 27 heavy (non-hydrogen) atoms. The van der Waals surface area contributed by atoms with E-state index in [4.69, 9.17) is 14.2 Å². The molecule has 150 valence electrons. The first-order chi connectivity index (χ1) is 13.2. The molecule has 0 aliphatic carbocycles. The molecule has 1 saturated heterocycles. The van der Waals surface area contributed by atoms with Crippen LogP contribution < -0.4 is 0 Å². The fraction of sp³-hybridized carbons (Fsp3) is 0.429. The van der Waals surface area contributed by atoms with Gasteiger partial charge in [0.15, 0.2) is 19.1 Å². The third-order valence-electron chi connectivity index (χ3n) is 3.81. The molecule has 1 aliphatic rings. The van der Waals surface area contributed by atoms with Gasteiger partial charge in [-0.05, 0) is 0 Å². The summed E-state index contributed by atoms with van der Waals surface area (Å²) < 4.78 is 18.3. The maximum absolute atomic E-state index is 6.08. The second-order valence-corrected chi connectivity index (χ2v) is 5.80. The number of nitrogens with zero attached hydrogens (tertiary/aromatic N) is 3. The molecule has 0 saturated carbocycles. The summed E-state index contributed by atoms with van der Waals surface area (Å²) in [4.78, 5) is 6.17. The van der Waals surface area contributed by atoms with Crippen molar-refractivity contribution < 1.29 is 14.2 Å². The zero-order valence-electron chi connectivity index (χ0n) is 16.2. The highest BCUT2D eigenvalue weighted by Gasteiger charge is 2.46. The van der Waals surface area contributed by atoms with E-state index < -0.39 is 19.1 Å². The summed E-state index contributed by atoms with van der Waals surface area (Å²) in [5.41, 5.74) is 0. The molecule has 0 aromatic heterocycles. The molecule has 0 N–H and O–H groups in total. The lowest BCUT2D eigenvalue weighted by molar-refractivity contribution is -0.355.